The average Bonchev–Trinajstić information content (AvgIpc) is 3.52. The van der Waals surface area contributed by atoms with Gasteiger partial charge in [-0.3, -0.25) is 0 Å². The molecule has 240 valence electrons. The smallest absolute Gasteiger partial charge is 0.240 e. The van der Waals surface area contributed by atoms with Crippen LogP contribution in [0.1, 0.15) is 50.3 Å². The van der Waals surface area contributed by atoms with E-state index in [9.17, 15) is 12.8 Å². The number of ether oxygens (including phenoxy) is 3. The van der Waals surface area contributed by atoms with Gasteiger partial charge in [-0.25, -0.2) is 19.3 Å². The molecule has 0 spiro atoms. The van der Waals surface area contributed by atoms with Crippen molar-refractivity contribution in [1.82, 2.24) is 15.0 Å². The third kappa shape index (κ3) is 8.08. The standard InChI is InChI=1S/C33H32BrFN4O5S2/c1-5-28(44-31(46(40)41)11-19(2)3)33-39-27(17-45-33)23-14-24-26(15-30(23)42-4)36-18-37-32(24)38-22-9-10-29(25(34)13-22)43-16-20-7-6-8-21(35)12-20/h6-10,12-15,17-19,28H,5,11,16H2,1-4H3,(H,36,37,38). The Balaban J connectivity index is 1.41. The SMILES string of the molecule is CCC(OC(CC(C)C)=S(=O)=O)c1nc(-c2cc3c(Nc4ccc(OCc5cccc(F)c5)c(Br)c4)ncnc3cc2OC)cs1. The van der Waals surface area contributed by atoms with E-state index in [1.807, 2.05) is 56.5 Å². The van der Waals surface area contributed by atoms with Crippen LogP contribution in [0.3, 0.4) is 0 Å². The molecule has 5 rings (SSSR count). The first-order valence-electron chi connectivity index (χ1n) is 14.5. The first-order valence-corrected chi connectivity index (χ1v) is 17.2. The highest BCUT2D eigenvalue weighted by molar-refractivity contribution is 9.10. The molecule has 46 heavy (non-hydrogen) atoms. The number of halogens is 2. The van der Waals surface area contributed by atoms with Gasteiger partial charge in [0.05, 0.1) is 22.8 Å². The minimum absolute atomic E-state index is 0.0348. The number of hydrogen-bond donors (Lipinski definition) is 1. The third-order valence-electron chi connectivity index (χ3n) is 6.91. The molecule has 13 heteroatoms. The average molecular weight is 728 g/mol. The van der Waals surface area contributed by atoms with Crippen LogP contribution in [0.5, 0.6) is 11.5 Å². The van der Waals surface area contributed by atoms with Gasteiger partial charge in [0.25, 0.3) is 0 Å². The predicted octanol–water partition coefficient (Wildman–Crippen LogP) is 8.51. The summed E-state index contributed by atoms with van der Waals surface area (Å²) in [4.78, 5) is 13.8. The molecule has 0 saturated carbocycles. The topological polar surface area (TPSA) is 113 Å². The number of benzene rings is 3. The van der Waals surface area contributed by atoms with Gasteiger partial charge in [0.15, 0.2) is 5.05 Å². The fourth-order valence-corrected chi connectivity index (χ4v) is 6.77. The Bertz CT molecular complexity index is 1990. The van der Waals surface area contributed by atoms with Crippen molar-refractivity contribution >= 4 is 65.0 Å². The second-order valence-electron chi connectivity index (χ2n) is 10.8. The lowest BCUT2D eigenvalue weighted by Crippen LogP contribution is -2.14. The molecule has 0 aliphatic rings. The highest BCUT2D eigenvalue weighted by Gasteiger charge is 2.21. The second-order valence-corrected chi connectivity index (χ2v) is 13.4. The van der Waals surface area contributed by atoms with Crippen molar-refractivity contribution in [3.8, 4) is 22.8 Å². The largest absolute Gasteiger partial charge is 0.496 e. The number of fused-ring (bicyclic) bond motifs is 1. The number of rotatable bonds is 12. The summed E-state index contributed by atoms with van der Waals surface area (Å²) in [6.07, 6.45) is 1.84. The Hall–Kier alpha value is -3.91. The van der Waals surface area contributed by atoms with Crippen molar-refractivity contribution in [2.45, 2.75) is 46.3 Å². The van der Waals surface area contributed by atoms with E-state index in [4.69, 9.17) is 19.2 Å². The maximum absolute atomic E-state index is 13.5. The molecular weight excluding hydrogens is 695 g/mol. The molecule has 0 aliphatic carbocycles. The van der Waals surface area contributed by atoms with E-state index in [1.165, 1.54) is 29.8 Å². The third-order valence-corrected chi connectivity index (χ3v) is 9.10. The minimum Gasteiger partial charge on any atom is -0.496 e. The van der Waals surface area contributed by atoms with E-state index in [2.05, 4.69) is 31.2 Å². The van der Waals surface area contributed by atoms with Crippen LogP contribution in [-0.4, -0.2) is 35.5 Å². The zero-order chi connectivity index (χ0) is 32.8. The molecule has 0 fully saturated rings. The van der Waals surface area contributed by atoms with Crippen molar-refractivity contribution in [2.24, 2.45) is 5.92 Å². The maximum atomic E-state index is 13.5. The molecule has 2 heterocycles. The van der Waals surface area contributed by atoms with Gasteiger partial charge in [0.1, 0.15) is 47.2 Å². The minimum atomic E-state index is -2.44. The Morgan fingerprint density at radius 1 is 1.09 bits per heavy atom. The Kier molecular flexibility index (Phi) is 11.0. The van der Waals surface area contributed by atoms with Gasteiger partial charge in [-0.05, 0) is 70.2 Å². The van der Waals surface area contributed by atoms with Crippen LogP contribution in [0.25, 0.3) is 22.2 Å². The first kappa shape index (κ1) is 33.5. The summed E-state index contributed by atoms with van der Waals surface area (Å²) in [6, 6.07) is 15.6. The van der Waals surface area contributed by atoms with Gasteiger partial charge >= 0.3 is 0 Å². The summed E-state index contributed by atoms with van der Waals surface area (Å²) in [5, 5.41) is 6.71. The lowest BCUT2D eigenvalue weighted by atomic mass is 10.1. The summed E-state index contributed by atoms with van der Waals surface area (Å²) in [5.41, 5.74) is 3.54. The van der Waals surface area contributed by atoms with Crippen LogP contribution in [0.4, 0.5) is 15.9 Å². The maximum Gasteiger partial charge on any atom is 0.240 e. The fourth-order valence-electron chi connectivity index (χ4n) is 4.69. The number of aromatic nitrogens is 3. The number of methoxy groups -OCH3 is 1. The molecule has 3 aromatic carbocycles. The van der Waals surface area contributed by atoms with Crippen molar-refractivity contribution in [3.63, 3.8) is 0 Å². The summed E-state index contributed by atoms with van der Waals surface area (Å²) in [7, 11) is -0.859. The molecule has 0 saturated heterocycles. The molecule has 1 atom stereocenters. The predicted molar refractivity (Wildman–Crippen MR) is 183 cm³/mol. The molecular formula is C33H32BrFN4O5S2. The van der Waals surface area contributed by atoms with E-state index in [-0.39, 0.29) is 23.4 Å². The van der Waals surface area contributed by atoms with Crippen LogP contribution in [0.2, 0.25) is 0 Å². The summed E-state index contributed by atoms with van der Waals surface area (Å²) in [5.74, 6) is 1.58. The molecule has 0 aliphatic heterocycles. The summed E-state index contributed by atoms with van der Waals surface area (Å²) >= 11 is 4.97. The Morgan fingerprint density at radius 2 is 1.91 bits per heavy atom. The molecule has 2 aromatic heterocycles. The molecule has 0 radical (unpaired) electrons. The van der Waals surface area contributed by atoms with Crippen LogP contribution < -0.4 is 14.8 Å². The Morgan fingerprint density at radius 3 is 2.61 bits per heavy atom. The van der Waals surface area contributed by atoms with E-state index in [1.54, 1.807) is 19.2 Å². The van der Waals surface area contributed by atoms with E-state index in [0.29, 0.717) is 50.8 Å². The van der Waals surface area contributed by atoms with Gasteiger partial charge in [-0.15, -0.1) is 11.3 Å². The highest BCUT2D eigenvalue weighted by Crippen LogP contribution is 2.38. The first-order chi connectivity index (χ1) is 22.1. The lowest BCUT2D eigenvalue weighted by molar-refractivity contribution is 0.184. The van der Waals surface area contributed by atoms with Crippen molar-refractivity contribution in [2.75, 3.05) is 12.4 Å². The zero-order valence-electron chi connectivity index (χ0n) is 25.6. The number of nitrogens with zero attached hydrogens (tertiary/aromatic N) is 3. The van der Waals surface area contributed by atoms with Crippen LogP contribution >= 0.6 is 27.3 Å². The van der Waals surface area contributed by atoms with Gasteiger partial charge in [0, 0.05) is 34.5 Å². The van der Waals surface area contributed by atoms with Crippen molar-refractivity contribution in [1.29, 1.82) is 0 Å². The normalized spacial score (nSPS) is 11.9. The quantitative estimate of drug-likeness (QED) is 0.126. The second kappa shape index (κ2) is 15.1. The number of nitrogens with one attached hydrogen (secondary N) is 1. The monoisotopic (exact) mass is 726 g/mol. The molecule has 0 amide bonds. The fraction of sp³-hybridized carbons (Fsp3) is 0.273. The Labute approximate surface area is 280 Å². The van der Waals surface area contributed by atoms with E-state index >= 15 is 0 Å². The van der Waals surface area contributed by atoms with Crippen LogP contribution in [0, 0.1) is 11.7 Å². The summed E-state index contributed by atoms with van der Waals surface area (Å²) < 4.78 is 55.4. The molecule has 5 aromatic rings. The van der Waals surface area contributed by atoms with Crippen molar-refractivity contribution in [3.05, 3.63) is 87.2 Å². The lowest BCUT2D eigenvalue weighted by Gasteiger charge is -2.15. The molecule has 9 nitrogen and oxygen atoms in total. The van der Waals surface area contributed by atoms with Gasteiger partial charge in [0.2, 0.25) is 10.3 Å². The number of hydrogen-bond acceptors (Lipinski definition) is 10. The molecule has 1 N–H and O–H groups in total. The van der Waals surface area contributed by atoms with Gasteiger partial charge < -0.3 is 19.5 Å². The summed E-state index contributed by atoms with van der Waals surface area (Å²) in [6.45, 7) is 6.04. The number of anilines is 2. The highest BCUT2D eigenvalue weighted by atomic mass is 79.9. The number of thiazole rings is 1. The van der Waals surface area contributed by atoms with Crippen molar-refractivity contribution < 1.29 is 27.0 Å². The molecule has 0 bridgehead atoms. The van der Waals surface area contributed by atoms with Gasteiger partial charge in [-0.2, -0.15) is 8.42 Å². The van der Waals surface area contributed by atoms with Crippen LogP contribution in [-0.2, 0) is 21.6 Å². The van der Waals surface area contributed by atoms with E-state index in [0.717, 1.165) is 22.2 Å². The van der Waals surface area contributed by atoms with E-state index < -0.39 is 16.4 Å². The van der Waals surface area contributed by atoms with Crippen LogP contribution in [0.15, 0.2) is 70.8 Å². The van der Waals surface area contributed by atoms with Gasteiger partial charge in [-0.1, -0.05) is 32.9 Å². The molecule has 1 unspecified atom stereocenters. The zero-order valence-corrected chi connectivity index (χ0v) is 28.8.